The average molecular weight is 320 g/mol. The molecule has 0 amide bonds. The van der Waals surface area contributed by atoms with Crippen molar-refractivity contribution in [3.63, 3.8) is 0 Å². The zero-order valence-corrected chi connectivity index (χ0v) is 12.8. The first kappa shape index (κ1) is 13.9. The van der Waals surface area contributed by atoms with Crippen molar-refractivity contribution >= 4 is 33.1 Å². The summed E-state index contributed by atoms with van der Waals surface area (Å²) < 4.78 is 1.12. The van der Waals surface area contributed by atoms with Crippen LogP contribution in [0.5, 0.6) is 0 Å². The SMILES string of the molecule is CCCNc1cc(Nc2ccc(Br)c(C)c2)ccn1. The summed E-state index contributed by atoms with van der Waals surface area (Å²) in [6, 6.07) is 10.2. The Kier molecular flexibility index (Phi) is 4.80. The molecule has 2 rings (SSSR count). The highest BCUT2D eigenvalue weighted by molar-refractivity contribution is 9.10. The number of halogens is 1. The minimum absolute atomic E-state index is 0.903. The lowest BCUT2D eigenvalue weighted by molar-refractivity contribution is 0.969. The summed E-state index contributed by atoms with van der Waals surface area (Å²) in [5, 5.41) is 6.67. The number of nitrogens with zero attached hydrogens (tertiary/aromatic N) is 1. The van der Waals surface area contributed by atoms with E-state index in [4.69, 9.17) is 0 Å². The van der Waals surface area contributed by atoms with E-state index in [0.717, 1.165) is 34.6 Å². The van der Waals surface area contributed by atoms with Crippen LogP contribution < -0.4 is 10.6 Å². The van der Waals surface area contributed by atoms with Gasteiger partial charge in [0.15, 0.2) is 0 Å². The lowest BCUT2D eigenvalue weighted by Gasteiger charge is -2.10. The Labute approximate surface area is 122 Å². The van der Waals surface area contributed by atoms with Gasteiger partial charge in [-0.3, -0.25) is 0 Å². The summed E-state index contributed by atoms with van der Waals surface area (Å²) in [6.07, 6.45) is 2.90. The molecule has 0 atom stereocenters. The molecule has 1 aromatic heterocycles. The Morgan fingerprint density at radius 3 is 2.68 bits per heavy atom. The van der Waals surface area contributed by atoms with E-state index >= 15 is 0 Å². The van der Waals surface area contributed by atoms with Crippen LogP contribution in [-0.4, -0.2) is 11.5 Å². The molecular formula is C15H18BrN3. The van der Waals surface area contributed by atoms with Crippen LogP contribution >= 0.6 is 15.9 Å². The molecule has 3 nitrogen and oxygen atoms in total. The van der Waals surface area contributed by atoms with Gasteiger partial charge in [-0.05, 0) is 43.2 Å². The highest BCUT2D eigenvalue weighted by Gasteiger charge is 2.00. The molecule has 0 radical (unpaired) electrons. The smallest absolute Gasteiger partial charge is 0.127 e. The molecule has 1 heterocycles. The fraction of sp³-hybridized carbons (Fsp3) is 0.267. The Balaban J connectivity index is 2.11. The maximum absolute atomic E-state index is 4.29. The fourth-order valence-corrected chi connectivity index (χ4v) is 1.99. The van der Waals surface area contributed by atoms with Gasteiger partial charge in [-0.1, -0.05) is 22.9 Å². The van der Waals surface area contributed by atoms with Crippen molar-refractivity contribution in [1.82, 2.24) is 4.98 Å². The van der Waals surface area contributed by atoms with Crippen LogP contribution in [0.25, 0.3) is 0 Å². The van der Waals surface area contributed by atoms with Gasteiger partial charge in [0.05, 0.1) is 0 Å². The van der Waals surface area contributed by atoms with Crippen LogP contribution in [0.15, 0.2) is 41.0 Å². The molecule has 19 heavy (non-hydrogen) atoms. The van der Waals surface area contributed by atoms with Gasteiger partial charge in [-0.15, -0.1) is 0 Å². The monoisotopic (exact) mass is 319 g/mol. The summed E-state index contributed by atoms with van der Waals surface area (Å²) in [6.45, 7) is 5.16. The van der Waals surface area contributed by atoms with Crippen molar-refractivity contribution in [3.05, 3.63) is 46.6 Å². The van der Waals surface area contributed by atoms with E-state index in [1.807, 2.05) is 18.3 Å². The van der Waals surface area contributed by atoms with Gasteiger partial charge >= 0.3 is 0 Å². The summed E-state index contributed by atoms with van der Waals surface area (Å²) in [7, 11) is 0. The van der Waals surface area contributed by atoms with E-state index in [1.165, 1.54) is 5.56 Å². The third-order valence-corrected chi connectivity index (χ3v) is 3.65. The Bertz CT molecular complexity index is 555. The molecule has 0 aliphatic rings. The van der Waals surface area contributed by atoms with E-state index in [0.29, 0.717) is 0 Å². The van der Waals surface area contributed by atoms with Crippen LogP contribution in [0.4, 0.5) is 17.2 Å². The third-order valence-electron chi connectivity index (χ3n) is 2.76. The maximum atomic E-state index is 4.29. The number of benzene rings is 1. The Morgan fingerprint density at radius 1 is 1.16 bits per heavy atom. The number of rotatable bonds is 5. The van der Waals surface area contributed by atoms with Crippen LogP contribution in [0.1, 0.15) is 18.9 Å². The quantitative estimate of drug-likeness (QED) is 0.837. The molecule has 2 N–H and O–H groups in total. The number of aromatic nitrogens is 1. The highest BCUT2D eigenvalue weighted by atomic mass is 79.9. The van der Waals surface area contributed by atoms with E-state index < -0.39 is 0 Å². The van der Waals surface area contributed by atoms with Crippen molar-refractivity contribution in [1.29, 1.82) is 0 Å². The Hall–Kier alpha value is -1.55. The van der Waals surface area contributed by atoms with Crippen LogP contribution in [0, 0.1) is 6.92 Å². The van der Waals surface area contributed by atoms with Crippen molar-refractivity contribution < 1.29 is 0 Å². The summed E-state index contributed by atoms with van der Waals surface area (Å²) in [5.74, 6) is 0.903. The predicted octanol–water partition coefficient (Wildman–Crippen LogP) is 4.72. The lowest BCUT2D eigenvalue weighted by atomic mass is 10.2. The standard InChI is InChI=1S/C15H18BrN3/c1-3-7-17-15-10-13(6-8-18-15)19-12-4-5-14(16)11(2)9-12/h4-6,8-10H,3,7H2,1-2H3,(H2,17,18,19). The van der Waals surface area contributed by atoms with Crippen molar-refractivity contribution in [2.75, 3.05) is 17.2 Å². The number of nitrogens with one attached hydrogen (secondary N) is 2. The number of aryl methyl sites for hydroxylation is 1. The molecule has 0 fully saturated rings. The molecule has 100 valence electrons. The lowest BCUT2D eigenvalue weighted by Crippen LogP contribution is -2.02. The van der Waals surface area contributed by atoms with Gasteiger partial charge < -0.3 is 10.6 Å². The zero-order valence-electron chi connectivity index (χ0n) is 11.2. The van der Waals surface area contributed by atoms with Crippen molar-refractivity contribution in [2.45, 2.75) is 20.3 Å². The zero-order chi connectivity index (χ0) is 13.7. The number of anilines is 3. The molecule has 0 unspecified atom stereocenters. The second kappa shape index (κ2) is 6.57. The van der Waals surface area contributed by atoms with Crippen LogP contribution in [0.2, 0.25) is 0 Å². The van der Waals surface area contributed by atoms with Crippen molar-refractivity contribution in [3.8, 4) is 0 Å². The van der Waals surface area contributed by atoms with E-state index in [2.05, 4.69) is 63.6 Å². The molecule has 0 bridgehead atoms. The maximum Gasteiger partial charge on any atom is 0.127 e. The van der Waals surface area contributed by atoms with Crippen molar-refractivity contribution in [2.24, 2.45) is 0 Å². The molecule has 0 aliphatic carbocycles. The summed E-state index contributed by atoms with van der Waals surface area (Å²) in [5.41, 5.74) is 3.33. The van der Waals surface area contributed by atoms with Gasteiger partial charge in [0.25, 0.3) is 0 Å². The van der Waals surface area contributed by atoms with Gasteiger partial charge in [0.1, 0.15) is 5.82 Å². The van der Waals surface area contributed by atoms with Crippen LogP contribution in [0.3, 0.4) is 0 Å². The van der Waals surface area contributed by atoms with Gasteiger partial charge in [-0.25, -0.2) is 4.98 Å². The second-order valence-corrected chi connectivity index (χ2v) is 5.30. The molecule has 0 saturated heterocycles. The van der Waals surface area contributed by atoms with E-state index in [-0.39, 0.29) is 0 Å². The molecule has 2 aromatic rings. The topological polar surface area (TPSA) is 37.0 Å². The summed E-state index contributed by atoms with van der Waals surface area (Å²) >= 11 is 3.51. The summed E-state index contributed by atoms with van der Waals surface area (Å²) in [4.78, 5) is 4.29. The number of hydrogen-bond donors (Lipinski definition) is 2. The predicted molar refractivity (Wildman–Crippen MR) is 85.2 cm³/mol. The van der Waals surface area contributed by atoms with E-state index in [9.17, 15) is 0 Å². The normalized spacial score (nSPS) is 10.3. The first-order chi connectivity index (χ1) is 9.19. The minimum Gasteiger partial charge on any atom is -0.370 e. The molecule has 1 aromatic carbocycles. The number of pyridine rings is 1. The van der Waals surface area contributed by atoms with E-state index in [1.54, 1.807) is 0 Å². The van der Waals surface area contributed by atoms with Gasteiger partial charge in [0.2, 0.25) is 0 Å². The highest BCUT2D eigenvalue weighted by Crippen LogP contribution is 2.23. The molecule has 0 aliphatic heterocycles. The number of hydrogen-bond acceptors (Lipinski definition) is 3. The van der Waals surface area contributed by atoms with Gasteiger partial charge in [-0.2, -0.15) is 0 Å². The molecule has 0 spiro atoms. The second-order valence-electron chi connectivity index (χ2n) is 4.45. The van der Waals surface area contributed by atoms with Crippen LogP contribution in [-0.2, 0) is 0 Å². The Morgan fingerprint density at radius 2 is 1.95 bits per heavy atom. The largest absolute Gasteiger partial charge is 0.370 e. The fourth-order valence-electron chi connectivity index (χ4n) is 1.75. The third kappa shape index (κ3) is 3.96. The first-order valence-electron chi connectivity index (χ1n) is 6.42. The average Bonchev–Trinajstić information content (AvgIpc) is 2.41. The minimum atomic E-state index is 0.903. The molecule has 4 heteroatoms. The molecule has 0 saturated carbocycles. The first-order valence-corrected chi connectivity index (χ1v) is 7.21. The molecular weight excluding hydrogens is 302 g/mol. The van der Waals surface area contributed by atoms with Gasteiger partial charge in [0, 0.05) is 34.7 Å².